The van der Waals surface area contributed by atoms with Crippen molar-refractivity contribution in [3.63, 3.8) is 0 Å². The number of pyridine rings is 1. The van der Waals surface area contributed by atoms with E-state index in [-0.39, 0.29) is 18.2 Å². The SMILES string of the molecule is O=C(CN1CCC(c2ccccn2)CC1)Nc1ccc(OC(F)(F)F)cc1. The zero-order chi connectivity index (χ0) is 19.3. The second-order valence-corrected chi connectivity index (χ2v) is 6.43. The van der Waals surface area contributed by atoms with Crippen LogP contribution in [0.2, 0.25) is 0 Å². The number of halogens is 3. The lowest BCUT2D eigenvalue weighted by Gasteiger charge is -2.31. The number of anilines is 1. The summed E-state index contributed by atoms with van der Waals surface area (Å²) in [6.45, 7) is 1.84. The molecule has 1 aliphatic rings. The lowest BCUT2D eigenvalue weighted by atomic mass is 9.93. The Hall–Kier alpha value is -2.61. The Morgan fingerprint density at radius 1 is 1.15 bits per heavy atom. The average molecular weight is 379 g/mol. The van der Waals surface area contributed by atoms with Gasteiger partial charge in [0.15, 0.2) is 0 Å². The summed E-state index contributed by atoms with van der Waals surface area (Å²) < 4.78 is 40.2. The number of hydrogen-bond donors (Lipinski definition) is 1. The van der Waals surface area contributed by atoms with Crippen molar-refractivity contribution >= 4 is 11.6 Å². The first-order valence-corrected chi connectivity index (χ1v) is 8.68. The average Bonchev–Trinajstić information content (AvgIpc) is 2.63. The van der Waals surface area contributed by atoms with Gasteiger partial charge in [0.1, 0.15) is 5.75 Å². The van der Waals surface area contributed by atoms with Crippen LogP contribution in [0.25, 0.3) is 0 Å². The Kier molecular flexibility index (Phi) is 5.95. The minimum absolute atomic E-state index is 0.198. The fourth-order valence-corrected chi connectivity index (χ4v) is 3.15. The maximum atomic E-state index is 12.2. The van der Waals surface area contributed by atoms with Gasteiger partial charge in [0, 0.05) is 23.5 Å². The van der Waals surface area contributed by atoms with Gasteiger partial charge >= 0.3 is 6.36 Å². The van der Waals surface area contributed by atoms with Crippen molar-refractivity contribution in [1.82, 2.24) is 9.88 Å². The topological polar surface area (TPSA) is 54.5 Å². The third-order valence-electron chi connectivity index (χ3n) is 4.43. The maximum Gasteiger partial charge on any atom is 0.573 e. The molecule has 1 fully saturated rings. The second kappa shape index (κ2) is 8.39. The van der Waals surface area contributed by atoms with E-state index in [0.717, 1.165) is 31.6 Å². The van der Waals surface area contributed by atoms with Crippen molar-refractivity contribution in [3.05, 3.63) is 54.4 Å². The van der Waals surface area contributed by atoms with E-state index in [1.54, 1.807) is 6.20 Å². The van der Waals surface area contributed by atoms with Gasteiger partial charge in [0.2, 0.25) is 5.91 Å². The minimum atomic E-state index is -4.73. The molecule has 0 unspecified atom stereocenters. The molecule has 2 aromatic rings. The van der Waals surface area contributed by atoms with E-state index in [0.29, 0.717) is 11.6 Å². The van der Waals surface area contributed by atoms with E-state index in [9.17, 15) is 18.0 Å². The summed E-state index contributed by atoms with van der Waals surface area (Å²) in [5, 5.41) is 2.69. The number of ether oxygens (including phenoxy) is 1. The number of carbonyl (C=O) groups is 1. The zero-order valence-corrected chi connectivity index (χ0v) is 14.6. The first kappa shape index (κ1) is 19.2. The number of nitrogens with zero attached hydrogens (tertiary/aromatic N) is 2. The Labute approximate surface area is 155 Å². The van der Waals surface area contributed by atoms with Crippen LogP contribution in [0.15, 0.2) is 48.7 Å². The van der Waals surface area contributed by atoms with Gasteiger partial charge in [-0.15, -0.1) is 13.2 Å². The smallest absolute Gasteiger partial charge is 0.406 e. The molecule has 0 aliphatic carbocycles. The lowest BCUT2D eigenvalue weighted by Crippen LogP contribution is -2.38. The number of benzene rings is 1. The van der Waals surface area contributed by atoms with E-state index < -0.39 is 6.36 Å². The van der Waals surface area contributed by atoms with Crippen LogP contribution in [0.5, 0.6) is 5.75 Å². The Bertz CT molecular complexity index is 743. The van der Waals surface area contributed by atoms with E-state index in [1.165, 1.54) is 24.3 Å². The number of nitrogens with one attached hydrogen (secondary N) is 1. The molecule has 0 atom stereocenters. The van der Waals surface area contributed by atoms with E-state index in [2.05, 4.69) is 19.9 Å². The van der Waals surface area contributed by atoms with Crippen molar-refractivity contribution < 1.29 is 22.7 Å². The number of alkyl halides is 3. The summed E-state index contributed by atoms with van der Waals surface area (Å²) in [7, 11) is 0. The molecule has 1 aromatic heterocycles. The van der Waals surface area contributed by atoms with Crippen LogP contribution in [-0.4, -0.2) is 41.8 Å². The molecule has 0 radical (unpaired) electrons. The Morgan fingerprint density at radius 3 is 2.44 bits per heavy atom. The molecule has 3 rings (SSSR count). The molecule has 1 N–H and O–H groups in total. The molecule has 1 amide bonds. The fraction of sp³-hybridized carbons (Fsp3) is 0.368. The summed E-state index contributed by atoms with van der Waals surface area (Å²) in [5.41, 5.74) is 1.51. The highest BCUT2D eigenvalue weighted by Gasteiger charge is 2.31. The summed E-state index contributed by atoms with van der Waals surface area (Å²) in [6.07, 6.45) is -1.06. The molecule has 5 nitrogen and oxygen atoms in total. The Balaban J connectivity index is 1.45. The molecule has 1 saturated heterocycles. The molecule has 0 spiro atoms. The van der Waals surface area contributed by atoms with Crippen molar-refractivity contribution in [2.24, 2.45) is 0 Å². The first-order valence-electron chi connectivity index (χ1n) is 8.68. The van der Waals surface area contributed by atoms with E-state index >= 15 is 0 Å². The van der Waals surface area contributed by atoms with Gasteiger partial charge in [-0.3, -0.25) is 14.7 Å². The molecule has 1 aromatic carbocycles. The standard InChI is InChI=1S/C19H20F3N3O2/c20-19(21,22)27-16-6-4-15(5-7-16)24-18(26)13-25-11-8-14(9-12-25)17-3-1-2-10-23-17/h1-7,10,14H,8-9,11-13H2,(H,24,26). The number of amides is 1. The van der Waals surface area contributed by atoms with Crippen LogP contribution in [-0.2, 0) is 4.79 Å². The van der Waals surface area contributed by atoms with Crippen molar-refractivity contribution in [2.45, 2.75) is 25.1 Å². The van der Waals surface area contributed by atoms with Crippen molar-refractivity contribution in [2.75, 3.05) is 25.0 Å². The molecular weight excluding hydrogens is 359 g/mol. The number of carbonyl (C=O) groups excluding carboxylic acids is 1. The first-order chi connectivity index (χ1) is 12.9. The largest absolute Gasteiger partial charge is 0.573 e. The molecule has 27 heavy (non-hydrogen) atoms. The highest BCUT2D eigenvalue weighted by atomic mass is 19.4. The monoisotopic (exact) mass is 379 g/mol. The normalized spacial score (nSPS) is 16.1. The molecule has 1 aliphatic heterocycles. The quantitative estimate of drug-likeness (QED) is 0.859. The van der Waals surface area contributed by atoms with Crippen LogP contribution < -0.4 is 10.1 Å². The van der Waals surface area contributed by atoms with E-state index in [4.69, 9.17) is 0 Å². The predicted octanol–water partition coefficient (Wildman–Crippen LogP) is 3.80. The Morgan fingerprint density at radius 2 is 1.85 bits per heavy atom. The predicted molar refractivity (Wildman–Crippen MR) is 94.4 cm³/mol. The highest BCUT2D eigenvalue weighted by molar-refractivity contribution is 5.92. The van der Waals surface area contributed by atoms with Crippen LogP contribution in [0.1, 0.15) is 24.5 Å². The molecule has 144 valence electrons. The lowest BCUT2D eigenvalue weighted by molar-refractivity contribution is -0.274. The van der Waals surface area contributed by atoms with Crippen LogP contribution >= 0.6 is 0 Å². The summed E-state index contributed by atoms with van der Waals surface area (Å²) in [6, 6.07) is 11.0. The van der Waals surface area contributed by atoms with Gasteiger partial charge in [0.25, 0.3) is 0 Å². The summed E-state index contributed by atoms with van der Waals surface area (Å²) in [5.74, 6) is -0.112. The van der Waals surface area contributed by atoms with E-state index in [1.807, 2.05) is 18.2 Å². The minimum Gasteiger partial charge on any atom is -0.406 e. The number of likely N-dealkylation sites (tertiary alicyclic amines) is 1. The highest BCUT2D eigenvalue weighted by Crippen LogP contribution is 2.26. The van der Waals surface area contributed by atoms with Crippen molar-refractivity contribution in [3.8, 4) is 5.75 Å². The summed E-state index contributed by atoms with van der Waals surface area (Å²) >= 11 is 0. The number of hydrogen-bond acceptors (Lipinski definition) is 4. The number of rotatable bonds is 5. The van der Waals surface area contributed by atoms with Gasteiger partial charge in [-0.05, 0) is 62.3 Å². The molecule has 0 saturated carbocycles. The molecular formula is C19H20F3N3O2. The van der Waals surface area contributed by atoms with Crippen LogP contribution in [0.3, 0.4) is 0 Å². The van der Waals surface area contributed by atoms with Gasteiger partial charge in [-0.25, -0.2) is 0 Å². The van der Waals surface area contributed by atoms with Crippen LogP contribution in [0, 0.1) is 0 Å². The number of aromatic nitrogens is 1. The summed E-state index contributed by atoms with van der Waals surface area (Å²) in [4.78, 5) is 18.6. The second-order valence-electron chi connectivity index (χ2n) is 6.43. The zero-order valence-electron chi connectivity index (χ0n) is 14.6. The van der Waals surface area contributed by atoms with Gasteiger partial charge in [-0.2, -0.15) is 0 Å². The van der Waals surface area contributed by atoms with Crippen molar-refractivity contribution in [1.29, 1.82) is 0 Å². The third kappa shape index (κ3) is 5.96. The van der Waals surface area contributed by atoms with Crippen LogP contribution in [0.4, 0.5) is 18.9 Å². The number of piperidine rings is 1. The maximum absolute atomic E-state index is 12.2. The molecule has 0 bridgehead atoms. The third-order valence-corrected chi connectivity index (χ3v) is 4.43. The van der Waals surface area contributed by atoms with Gasteiger partial charge in [-0.1, -0.05) is 6.07 Å². The van der Waals surface area contributed by atoms with Gasteiger partial charge in [0.05, 0.1) is 6.54 Å². The molecule has 2 heterocycles. The molecule has 8 heteroatoms. The fourth-order valence-electron chi connectivity index (χ4n) is 3.15. The van der Waals surface area contributed by atoms with Gasteiger partial charge < -0.3 is 10.1 Å².